The number of aliphatic carboxylic acids is 1. The molecule has 0 spiro atoms. The third-order valence-electron chi connectivity index (χ3n) is 3.65. The predicted octanol–water partition coefficient (Wildman–Crippen LogP) is 3.14. The summed E-state index contributed by atoms with van der Waals surface area (Å²) in [6, 6.07) is 2.69. The van der Waals surface area contributed by atoms with E-state index >= 15 is 0 Å². The van der Waals surface area contributed by atoms with Crippen LogP contribution < -0.4 is 0 Å². The molecule has 0 amide bonds. The molecular formula is C13H14F2O3. The number of carboxylic acid groups (broad SMARTS) is 1. The zero-order chi connectivity index (χ0) is 13.5. The minimum absolute atomic E-state index is 0.122. The van der Waals surface area contributed by atoms with Crippen molar-refractivity contribution in [3.05, 3.63) is 28.8 Å². The van der Waals surface area contributed by atoms with Crippen LogP contribution in [0.2, 0.25) is 0 Å². The largest absolute Gasteiger partial charge is 0.507 e. The predicted molar refractivity (Wildman–Crippen MR) is 61.0 cm³/mol. The number of aromatic hydroxyl groups is 1. The van der Waals surface area contributed by atoms with Gasteiger partial charge in [-0.1, -0.05) is 18.1 Å². The monoisotopic (exact) mass is 256 g/mol. The number of phenolic OH excluding ortho intramolecular Hbond substituents is 1. The summed E-state index contributed by atoms with van der Waals surface area (Å²) >= 11 is 0. The number of hydrogen-bond acceptors (Lipinski definition) is 2. The molecule has 1 saturated carbocycles. The third kappa shape index (κ3) is 1.74. The average Bonchev–Trinajstić information content (AvgIpc) is 2.19. The summed E-state index contributed by atoms with van der Waals surface area (Å²) in [5, 5.41) is 19.2. The molecule has 0 atom stereocenters. The van der Waals surface area contributed by atoms with E-state index < -0.39 is 29.1 Å². The van der Waals surface area contributed by atoms with Crippen LogP contribution in [0.25, 0.3) is 0 Å². The first-order chi connectivity index (χ1) is 8.38. The molecule has 2 rings (SSSR count). The molecule has 1 aromatic rings. The quantitative estimate of drug-likeness (QED) is 0.873. The van der Waals surface area contributed by atoms with E-state index in [4.69, 9.17) is 0 Å². The van der Waals surface area contributed by atoms with Crippen LogP contribution in [-0.4, -0.2) is 16.2 Å². The third-order valence-corrected chi connectivity index (χ3v) is 3.65. The van der Waals surface area contributed by atoms with Gasteiger partial charge < -0.3 is 10.2 Å². The molecule has 1 aliphatic rings. The van der Waals surface area contributed by atoms with Crippen LogP contribution in [0.1, 0.15) is 42.4 Å². The van der Waals surface area contributed by atoms with Crippen molar-refractivity contribution in [2.45, 2.75) is 38.0 Å². The van der Waals surface area contributed by atoms with E-state index in [0.717, 1.165) is 6.42 Å². The van der Waals surface area contributed by atoms with Gasteiger partial charge in [-0.25, -0.2) is 8.78 Å². The Morgan fingerprint density at radius 1 is 1.39 bits per heavy atom. The first-order valence-electron chi connectivity index (χ1n) is 5.74. The lowest BCUT2D eigenvalue weighted by Crippen LogP contribution is -2.42. The maximum atomic E-state index is 12.8. The first kappa shape index (κ1) is 12.8. The van der Waals surface area contributed by atoms with Crippen molar-refractivity contribution in [2.24, 2.45) is 0 Å². The molecule has 18 heavy (non-hydrogen) atoms. The van der Waals surface area contributed by atoms with E-state index in [-0.39, 0.29) is 5.56 Å². The van der Waals surface area contributed by atoms with E-state index in [0.29, 0.717) is 18.4 Å². The fourth-order valence-electron chi connectivity index (χ4n) is 2.47. The van der Waals surface area contributed by atoms with Crippen LogP contribution in [0.3, 0.4) is 0 Å². The van der Waals surface area contributed by atoms with Gasteiger partial charge in [-0.3, -0.25) is 4.79 Å². The fourth-order valence-corrected chi connectivity index (χ4v) is 2.47. The zero-order valence-electron chi connectivity index (χ0n) is 9.91. The fraction of sp³-hybridized carbons (Fsp3) is 0.462. The lowest BCUT2D eigenvalue weighted by molar-refractivity contribution is -0.147. The van der Waals surface area contributed by atoms with Crippen molar-refractivity contribution in [3.8, 4) is 5.75 Å². The van der Waals surface area contributed by atoms with Crippen LogP contribution in [0, 0.1) is 6.92 Å². The SMILES string of the molecule is Cc1cc(C(F)F)c(O)c(C2(C(=O)O)CCC2)c1. The molecule has 5 heteroatoms. The molecule has 0 heterocycles. The summed E-state index contributed by atoms with van der Waals surface area (Å²) in [5.41, 5.74) is -1.03. The molecule has 1 fully saturated rings. The van der Waals surface area contributed by atoms with Crippen LogP contribution in [-0.2, 0) is 10.2 Å². The van der Waals surface area contributed by atoms with Crippen molar-refractivity contribution in [2.75, 3.05) is 0 Å². The van der Waals surface area contributed by atoms with Gasteiger partial charge in [0.1, 0.15) is 5.75 Å². The molecule has 3 nitrogen and oxygen atoms in total. The Bertz CT molecular complexity index is 493. The van der Waals surface area contributed by atoms with Crippen molar-refractivity contribution in [1.29, 1.82) is 0 Å². The van der Waals surface area contributed by atoms with E-state index in [1.54, 1.807) is 6.92 Å². The molecular weight excluding hydrogens is 242 g/mol. The van der Waals surface area contributed by atoms with Crippen molar-refractivity contribution in [1.82, 2.24) is 0 Å². The van der Waals surface area contributed by atoms with E-state index in [9.17, 15) is 23.8 Å². The van der Waals surface area contributed by atoms with Gasteiger partial charge in [0.15, 0.2) is 0 Å². The second-order valence-electron chi connectivity index (χ2n) is 4.79. The number of rotatable bonds is 3. The van der Waals surface area contributed by atoms with Gasteiger partial charge in [-0.05, 0) is 25.8 Å². The Balaban J connectivity index is 2.60. The van der Waals surface area contributed by atoms with Gasteiger partial charge in [0.05, 0.1) is 11.0 Å². The molecule has 0 unspecified atom stereocenters. The summed E-state index contributed by atoms with van der Waals surface area (Å²) in [6.07, 6.45) is -1.33. The number of phenols is 1. The lowest BCUT2D eigenvalue weighted by Gasteiger charge is -2.38. The molecule has 0 bridgehead atoms. The molecule has 1 aliphatic carbocycles. The molecule has 1 aromatic carbocycles. The molecule has 0 saturated heterocycles. The second-order valence-corrected chi connectivity index (χ2v) is 4.79. The Hall–Kier alpha value is -1.65. The van der Waals surface area contributed by atoms with Gasteiger partial charge in [0.2, 0.25) is 0 Å². The number of halogens is 2. The van der Waals surface area contributed by atoms with E-state index in [1.165, 1.54) is 12.1 Å². The van der Waals surface area contributed by atoms with Gasteiger partial charge >= 0.3 is 5.97 Å². The minimum atomic E-state index is -2.81. The molecule has 2 N–H and O–H groups in total. The highest BCUT2D eigenvalue weighted by Crippen LogP contribution is 2.49. The van der Waals surface area contributed by atoms with E-state index in [2.05, 4.69) is 0 Å². The van der Waals surface area contributed by atoms with Crippen LogP contribution >= 0.6 is 0 Å². The number of carboxylic acids is 1. The van der Waals surface area contributed by atoms with Crippen molar-refractivity contribution < 1.29 is 23.8 Å². The number of aryl methyl sites for hydroxylation is 1. The summed E-state index contributed by atoms with van der Waals surface area (Å²) in [5.74, 6) is -1.63. The summed E-state index contributed by atoms with van der Waals surface area (Å²) in [7, 11) is 0. The van der Waals surface area contributed by atoms with Gasteiger partial charge in [-0.15, -0.1) is 0 Å². The Labute approximate surface area is 103 Å². The summed E-state index contributed by atoms with van der Waals surface area (Å²) < 4.78 is 25.6. The zero-order valence-corrected chi connectivity index (χ0v) is 9.91. The van der Waals surface area contributed by atoms with Crippen LogP contribution in [0.15, 0.2) is 12.1 Å². The standard InChI is InChI=1S/C13H14F2O3/c1-7-5-8(11(14)15)10(16)9(6-7)13(12(17)18)3-2-4-13/h5-6,11,16H,2-4H2,1H3,(H,17,18). The minimum Gasteiger partial charge on any atom is -0.507 e. The summed E-state index contributed by atoms with van der Waals surface area (Å²) in [4.78, 5) is 11.4. The number of alkyl halides is 2. The lowest BCUT2D eigenvalue weighted by atomic mass is 9.63. The molecule has 0 radical (unpaired) electrons. The number of carbonyl (C=O) groups is 1. The number of hydrogen-bond donors (Lipinski definition) is 2. The maximum absolute atomic E-state index is 12.8. The maximum Gasteiger partial charge on any atom is 0.314 e. The average molecular weight is 256 g/mol. The van der Waals surface area contributed by atoms with Gasteiger partial charge in [0, 0.05) is 5.56 Å². The van der Waals surface area contributed by atoms with Gasteiger partial charge in [0.25, 0.3) is 6.43 Å². The van der Waals surface area contributed by atoms with Crippen molar-refractivity contribution >= 4 is 5.97 Å². The summed E-state index contributed by atoms with van der Waals surface area (Å²) in [6.45, 7) is 1.61. The highest BCUT2D eigenvalue weighted by atomic mass is 19.3. The topological polar surface area (TPSA) is 57.5 Å². The molecule has 0 aromatic heterocycles. The number of benzene rings is 1. The van der Waals surface area contributed by atoms with Crippen LogP contribution in [0.4, 0.5) is 8.78 Å². The Kier molecular flexibility index (Phi) is 3.00. The first-order valence-corrected chi connectivity index (χ1v) is 5.74. The Morgan fingerprint density at radius 2 is 2.00 bits per heavy atom. The van der Waals surface area contributed by atoms with E-state index in [1.807, 2.05) is 0 Å². The second kappa shape index (κ2) is 4.23. The van der Waals surface area contributed by atoms with Crippen molar-refractivity contribution in [3.63, 3.8) is 0 Å². The highest BCUT2D eigenvalue weighted by molar-refractivity contribution is 5.84. The van der Waals surface area contributed by atoms with Crippen LogP contribution in [0.5, 0.6) is 5.75 Å². The Morgan fingerprint density at radius 3 is 2.39 bits per heavy atom. The normalized spacial score (nSPS) is 17.6. The smallest absolute Gasteiger partial charge is 0.314 e. The molecule has 98 valence electrons. The molecule has 0 aliphatic heterocycles. The van der Waals surface area contributed by atoms with Gasteiger partial charge in [-0.2, -0.15) is 0 Å². The highest BCUT2D eigenvalue weighted by Gasteiger charge is 2.48.